The molecule has 2 aromatic heterocycles. The number of hydrogen-bond donors (Lipinski definition) is 4. The van der Waals surface area contributed by atoms with Gasteiger partial charge in [-0.3, -0.25) is 0 Å². The number of aliphatic hydroxyl groups excluding tert-OH is 3. The molecule has 2 aromatic rings. The summed E-state index contributed by atoms with van der Waals surface area (Å²) in [7, 11) is 0. The summed E-state index contributed by atoms with van der Waals surface area (Å²) >= 11 is 3.21. The zero-order valence-corrected chi connectivity index (χ0v) is 13.0. The second-order valence-corrected chi connectivity index (χ2v) is 5.50. The lowest BCUT2D eigenvalue weighted by Gasteiger charge is -2.17. The highest BCUT2D eigenvalue weighted by Gasteiger charge is 2.44. The lowest BCUT2D eigenvalue weighted by Crippen LogP contribution is -2.33. The summed E-state index contributed by atoms with van der Waals surface area (Å²) in [6.45, 7) is -0.390. The number of aromatic nitrogens is 3. The molecule has 0 saturated carbocycles. The number of rotatable bonds is 3. The van der Waals surface area contributed by atoms with Crippen molar-refractivity contribution in [2.24, 2.45) is 0 Å². The molecule has 4 atom stereocenters. The summed E-state index contributed by atoms with van der Waals surface area (Å²) in [6.07, 6.45) is 0.685. The molecule has 0 spiro atoms. The van der Waals surface area contributed by atoms with E-state index in [2.05, 4.69) is 25.9 Å². The van der Waals surface area contributed by atoms with Crippen molar-refractivity contribution in [3.05, 3.63) is 23.1 Å². The van der Waals surface area contributed by atoms with E-state index in [1.54, 1.807) is 21.8 Å². The first-order valence-electron chi connectivity index (χ1n) is 6.58. The third kappa shape index (κ3) is 2.31. The first-order chi connectivity index (χ1) is 10.6. The number of anilines is 1. The van der Waals surface area contributed by atoms with Crippen molar-refractivity contribution in [3.63, 3.8) is 0 Å². The van der Waals surface area contributed by atoms with E-state index in [0.29, 0.717) is 16.9 Å². The highest BCUT2D eigenvalue weighted by molar-refractivity contribution is 9.11. The van der Waals surface area contributed by atoms with Gasteiger partial charge >= 0.3 is 0 Å². The van der Waals surface area contributed by atoms with Crippen LogP contribution in [0.5, 0.6) is 0 Å². The topological polar surface area (TPSA) is 127 Å². The number of hydrogen-bond acceptors (Lipinski definition) is 7. The molecule has 9 heteroatoms. The van der Waals surface area contributed by atoms with Crippen molar-refractivity contribution in [2.45, 2.75) is 24.5 Å². The Kier molecular flexibility index (Phi) is 4.15. The Balaban J connectivity index is 2.14. The predicted octanol–water partition coefficient (Wildman–Crippen LogP) is -0.00940. The molecular weight excluding hydrogens is 356 g/mol. The maximum atomic E-state index is 10.2. The van der Waals surface area contributed by atoms with Crippen LogP contribution in [0.15, 0.2) is 17.5 Å². The number of fused-ring (bicyclic) bond motifs is 1. The summed E-state index contributed by atoms with van der Waals surface area (Å²) in [4.78, 5) is 9.82. The summed E-state index contributed by atoms with van der Waals surface area (Å²) in [5.74, 6) is 0.302. The summed E-state index contributed by atoms with van der Waals surface area (Å²) in [5, 5.41) is 29.9. The maximum Gasteiger partial charge on any atom is 0.164 e. The van der Waals surface area contributed by atoms with Gasteiger partial charge in [0.05, 0.1) is 12.0 Å². The Morgan fingerprint density at radius 1 is 1.36 bits per heavy atom. The molecule has 1 unspecified atom stereocenters. The van der Waals surface area contributed by atoms with Crippen LogP contribution in [-0.2, 0) is 4.74 Å². The molecular formula is C13H15BrN4O4. The lowest BCUT2D eigenvalue weighted by atomic mass is 10.1. The molecule has 0 aromatic carbocycles. The third-order valence-electron chi connectivity index (χ3n) is 3.70. The third-order valence-corrected chi connectivity index (χ3v) is 3.97. The van der Waals surface area contributed by atoms with Crippen molar-refractivity contribution in [1.29, 1.82) is 0 Å². The second-order valence-electron chi connectivity index (χ2n) is 4.97. The average Bonchev–Trinajstić information content (AvgIpc) is 3.00. The summed E-state index contributed by atoms with van der Waals surface area (Å²) < 4.78 is 7.12. The zero-order valence-electron chi connectivity index (χ0n) is 11.4. The smallest absolute Gasteiger partial charge is 0.164 e. The van der Waals surface area contributed by atoms with Crippen LogP contribution in [-0.4, -0.2) is 54.8 Å². The Bertz CT molecular complexity index is 719. The summed E-state index contributed by atoms with van der Waals surface area (Å²) in [6, 6.07) is 0. The molecule has 5 N–H and O–H groups in total. The monoisotopic (exact) mass is 370 g/mol. The standard InChI is InChI=1S/C13H15BrN4O4/c14-2-1-6-3-18(12-8(6)11(15)16-5-17-12)13-10(21)9(20)7(4-19)22-13/h1-3,5,7,9-10,13,19-21H,4H2,(H2,15,16,17)/b2-1+/t7-,9-,10-,13?/m1/s1. The molecule has 3 heterocycles. The van der Waals surface area contributed by atoms with Crippen molar-refractivity contribution >= 4 is 38.9 Å². The Labute approximate surface area is 134 Å². The van der Waals surface area contributed by atoms with Gasteiger partial charge in [0.2, 0.25) is 0 Å². The van der Waals surface area contributed by atoms with E-state index >= 15 is 0 Å². The van der Waals surface area contributed by atoms with Crippen molar-refractivity contribution in [1.82, 2.24) is 14.5 Å². The molecule has 22 heavy (non-hydrogen) atoms. The zero-order chi connectivity index (χ0) is 15.9. The number of nitrogens with two attached hydrogens (primary N) is 1. The van der Waals surface area contributed by atoms with Crippen molar-refractivity contribution in [2.75, 3.05) is 12.3 Å². The van der Waals surface area contributed by atoms with E-state index in [0.717, 1.165) is 5.56 Å². The Morgan fingerprint density at radius 2 is 2.14 bits per heavy atom. The first-order valence-corrected chi connectivity index (χ1v) is 7.50. The normalized spacial score (nSPS) is 28.9. The molecule has 1 aliphatic rings. The van der Waals surface area contributed by atoms with Gasteiger partial charge in [-0.25, -0.2) is 9.97 Å². The molecule has 3 rings (SSSR count). The van der Waals surface area contributed by atoms with Gasteiger partial charge in [-0.15, -0.1) is 0 Å². The van der Waals surface area contributed by atoms with Gasteiger partial charge in [-0.1, -0.05) is 15.9 Å². The lowest BCUT2D eigenvalue weighted by molar-refractivity contribution is -0.0508. The second kappa shape index (κ2) is 5.94. The van der Waals surface area contributed by atoms with Gasteiger partial charge in [0.25, 0.3) is 0 Å². The first kappa shape index (κ1) is 15.4. The highest BCUT2D eigenvalue weighted by atomic mass is 79.9. The van der Waals surface area contributed by atoms with Gasteiger partial charge < -0.3 is 30.4 Å². The quantitative estimate of drug-likeness (QED) is 0.598. The molecule has 0 bridgehead atoms. The van der Waals surface area contributed by atoms with E-state index in [1.165, 1.54) is 6.33 Å². The molecule has 1 aliphatic heterocycles. The van der Waals surface area contributed by atoms with E-state index in [1.807, 2.05) is 0 Å². The van der Waals surface area contributed by atoms with Crippen LogP contribution >= 0.6 is 15.9 Å². The highest BCUT2D eigenvalue weighted by Crippen LogP contribution is 2.34. The van der Waals surface area contributed by atoms with Gasteiger partial charge in [-0.2, -0.15) is 0 Å². The predicted molar refractivity (Wildman–Crippen MR) is 82.9 cm³/mol. The summed E-state index contributed by atoms with van der Waals surface area (Å²) in [5.41, 5.74) is 7.12. The molecule has 1 fully saturated rings. The van der Waals surface area contributed by atoms with Crippen LogP contribution in [0, 0.1) is 0 Å². The fourth-order valence-corrected chi connectivity index (χ4v) is 2.92. The van der Waals surface area contributed by atoms with Crippen molar-refractivity contribution in [3.8, 4) is 0 Å². The van der Waals surface area contributed by atoms with Crippen LogP contribution in [0.1, 0.15) is 11.8 Å². The number of ether oxygens (including phenoxy) is 1. The van der Waals surface area contributed by atoms with Gasteiger partial charge in [0, 0.05) is 11.8 Å². The largest absolute Gasteiger partial charge is 0.394 e. The Hall–Kier alpha value is -1.52. The number of halogens is 1. The number of nitrogens with zero attached hydrogens (tertiary/aromatic N) is 3. The van der Waals surface area contributed by atoms with Crippen LogP contribution in [0.4, 0.5) is 5.82 Å². The Morgan fingerprint density at radius 3 is 2.77 bits per heavy atom. The average molecular weight is 371 g/mol. The van der Waals surface area contributed by atoms with Crippen LogP contribution in [0.25, 0.3) is 17.1 Å². The van der Waals surface area contributed by atoms with Crippen molar-refractivity contribution < 1.29 is 20.1 Å². The maximum absolute atomic E-state index is 10.2. The molecule has 8 nitrogen and oxygen atoms in total. The van der Waals surface area contributed by atoms with Gasteiger partial charge in [0.1, 0.15) is 36.1 Å². The molecule has 0 radical (unpaired) electrons. The molecule has 1 saturated heterocycles. The van der Waals surface area contributed by atoms with Crippen LogP contribution in [0.2, 0.25) is 0 Å². The minimum Gasteiger partial charge on any atom is -0.394 e. The van der Waals surface area contributed by atoms with Gasteiger partial charge in [0.15, 0.2) is 6.23 Å². The van der Waals surface area contributed by atoms with Crippen LogP contribution < -0.4 is 5.73 Å². The van der Waals surface area contributed by atoms with E-state index in [9.17, 15) is 15.3 Å². The van der Waals surface area contributed by atoms with E-state index < -0.39 is 24.5 Å². The van der Waals surface area contributed by atoms with Gasteiger partial charge in [-0.05, 0) is 11.1 Å². The fourth-order valence-electron chi connectivity index (χ4n) is 2.64. The number of nitrogen functional groups attached to an aromatic ring is 1. The number of aliphatic hydroxyl groups is 3. The minimum absolute atomic E-state index is 0.302. The van der Waals surface area contributed by atoms with E-state index in [-0.39, 0.29) is 6.61 Å². The fraction of sp³-hybridized carbons (Fsp3) is 0.385. The SMILES string of the molecule is Nc1ncnc2c1c(/C=C/Br)cn2C1O[C@H](CO)[C@@H](O)[C@H]1O. The van der Waals surface area contributed by atoms with E-state index in [4.69, 9.17) is 10.5 Å². The molecule has 118 valence electrons. The van der Waals surface area contributed by atoms with Crippen LogP contribution in [0.3, 0.4) is 0 Å². The molecule has 0 amide bonds. The minimum atomic E-state index is -1.19. The molecule has 0 aliphatic carbocycles.